The summed E-state index contributed by atoms with van der Waals surface area (Å²) in [7, 11) is 1.77. The van der Waals surface area contributed by atoms with Crippen molar-refractivity contribution in [1.29, 1.82) is 0 Å². The number of hydrogen-bond donors (Lipinski definition) is 0. The number of anilines is 1. The van der Waals surface area contributed by atoms with Gasteiger partial charge >= 0.3 is 6.18 Å². The van der Waals surface area contributed by atoms with Gasteiger partial charge in [0.1, 0.15) is 5.75 Å². The molecule has 1 unspecified atom stereocenters. The summed E-state index contributed by atoms with van der Waals surface area (Å²) in [4.78, 5) is 28.1. The van der Waals surface area contributed by atoms with Crippen molar-refractivity contribution in [3.05, 3.63) is 136 Å². The summed E-state index contributed by atoms with van der Waals surface area (Å²) >= 11 is 0. The van der Waals surface area contributed by atoms with Gasteiger partial charge in [0.15, 0.2) is 11.6 Å². The third-order valence-electron chi connectivity index (χ3n) is 8.19. The highest BCUT2D eigenvalue weighted by Gasteiger charge is 2.58. The first-order chi connectivity index (χ1) is 19.4. The van der Waals surface area contributed by atoms with E-state index in [0.29, 0.717) is 16.7 Å². The number of benzene rings is 4. The first-order valence-corrected chi connectivity index (χ1v) is 13.2. The van der Waals surface area contributed by atoms with Crippen molar-refractivity contribution in [2.45, 2.75) is 31.2 Å². The fourth-order valence-corrected chi connectivity index (χ4v) is 5.91. The van der Waals surface area contributed by atoms with Crippen molar-refractivity contribution in [3.63, 3.8) is 0 Å². The van der Waals surface area contributed by atoms with Crippen LogP contribution in [-0.2, 0) is 11.6 Å². The van der Waals surface area contributed by atoms with Gasteiger partial charge in [-0.25, -0.2) is 0 Å². The Bertz CT molecular complexity index is 1730. The van der Waals surface area contributed by atoms with Gasteiger partial charge in [0.2, 0.25) is 5.72 Å². The molecule has 4 aromatic carbocycles. The Kier molecular flexibility index (Phi) is 5.96. The molecule has 2 heterocycles. The van der Waals surface area contributed by atoms with Crippen LogP contribution in [0.15, 0.2) is 97.1 Å². The van der Waals surface area contributed by atoms with Gasteiger partial charge in [-0.1, -0.05) is 60.7 Å². The van der Waals surface area contributed by atoms with Crippen LogP contribution in [0.2, 0.25) is 0 Å². The summed E-state index contributed by atoms with van der Waals surface area (Å²) in [6.07, 6.45) is -1.44. The summed E-state index contributed by atoms with van der Waals surface area (Å²) < 4.78 is 49.9. The summed E-state index contributed by atoms with van der Waals surface area (Å²) in [6, 6.07) is 24.8. The minimum Gasteiger partial charge on any atom is -0.462 e. The van der Waals surface area contributed by atoms with Crippen LogP contribution in [0.3, 0.4) is 0 Å². The van der Waals surface area contributed by atoms with Crippen LogP contribution < -0.4 is 9.64 Å². The third-order valence-corrected chi connectivity index (χ3v) is 8.19. The zero-order valence-electron chi connectivity index (χ0n) is 22.6. The molecular weight excluding hydrogens is 527 g/mol. The molecule has 0 amide bonds. The highest BCUT2D eigenvalue weighted by molar-refractivity contribution is 6.10. The van der Waals surface area contributed by atoms with E-state index in [4.69, 9.17) is 4.74 Å². The lowest BCUT2D eigenvalue weighted by molar-refractivity contribution is -0.140. The number of fused-ring (bicyclic) bond motifs is 2. The normalized spacial score (nSPS) is 18.5. The van der Waals surface area contributed by atoms with Gasteiger partial charge in [-0.2, -0.15) is 13.2 Å². The molecule has 1 atom stereocenters. The topological polar surface area (TPSA) is 46.6 Å². The Morgan fingerprint density at radius 2 is 1.34 bits per heavy atom. The third kappa shape index (κ3) is 4.06. The van der Waals surface area contributed by atoms with E-state index in [1.807, 2.05) is 24.8 Å². The van der Waals surface area contributed by atoms with Gasteiger partial charge in [0.25, 0.3) is 0 Å². The number of likely N-dealkylation sites (N-methyl/N-ethyl adjacent to an activating group) is 1. The average Bonchev–Trinajstić information content (AvgIpc) is 3.13. The van der Waals surface area contributed by atoms with Crippen LogP contribution >= 0.6 is 0 Å². The van der Waals surface area contributed by atoms with Gasteiger partial charge in [-0.15, -0.1) is 0 Å². The Morgan fingerprint density at radius 3 is 1.93 bits per heavy atom. The predicted octanol–water partition coefficient (Wildman–Crippen LogP) is 7.70. The molecule has 1 spiro atoms. The van der Waals surface area contributed by atoms with Gasteiger partial charge in [-0.3, -0.25) is 9.59 Å². The molecule has 0 saturated heterocycles. The zero-order valence-corrected chi connectivity index (χ0v) is 22.6. The standard InChI is InChI=1S/C34H26F3NO3/c1-32(2)26-19-23(29(39)21-10-6-4-7-11-21)14-15-28(26)38(3)33(32)17-16-24-18-25(30(40)22-12-8-5-9-13-22)20-27(31(24)41-33)34(35,36)37/h4-20H,1-3H3. The Balaban J connectivity index is 1.44. The van der Waals surface area contributed by atoms with E-state index >= 15 is 0 Å². The predicted molar refractivity (Wildman–Crippen MR) is 151 cm³/mol. The molecule has 0 N–H and O–H groups in total. The molecule has 0 radical (unpaired) electrons. The van der Waals surface area contributed by atoms with Crippen molar-refractivity contribution in [2.75, 3.05) is 11.9 Å². The van der Waals surface area contributed by atoms with E-state index in [1.54, 1.807) is 92.0 Å². The van der Waals surface area contributed by atoms with Crippen LogP contribution in [0.1, 0.15) is 62.4 Å². The molecule has 206 valence electrons. The zero-order chi connectivity index (χ0) is 29.2. The monoisotopic (exact) mass is 553 g/mol. The van der Waals surface area contributed by atoms with Crippen molar-refractivity contribution >= 4 is 23.3 Å². The van der Waals surface area contributed by atoms with E-state index in [-0.39, 0.29) is 22.7 Å². The highest BCUT2D eigenvalue weighted by Crippen LogP contribution is 2.56. The first kappa shape index (κ1) is 26.6. The lowest BCUT2D eigenvalue weighted by Gasteiger charge is -2.46. The molecule has 2 aliphatic heterocycles. The maximum Gasteiger partial charge on any atom is 0.420 e. The maximum absolute atomic E-state index is 14.5. The summed E-state index contributed by atoms with van der Waals surface area (Å²) in [5, 5.41) is 0. The van der Waals surface area contributed by atoms with Crippen LogP contribution in [0.4, 0.5) is 18.9 Å². The van der Waals surface area contributed by atoms with Crippen LogP contribution in [0.25, 0.3) is 6.08 Å². The molecule has 41 heavy (non-hydrogen) atoms. The molecule has 6 rings (SSSR count). The summed E-state index contributed by atoms with van der Waals surface area (Å²) in [5.41, 5.74) is -0.247. The second kappa shape index (κ2) is 9.20. The molecule has 4 nitrogen and oxygen atoms in total. The molecular formula is C34H26F3NO3. The second-order valence-electron chi connectivity index (χ2n) is 10.9. The van der Waals surface area contributed by atoms with E-state index in [9.17, 15) is 22.8 Å². The number of rotatable bonds is 4. The molecule has 0 aromatic heterocycles. The molecule has 7 heteroatoms. The van der Waals surface area contributed by atoms with Crippen molar-refractivity contribution in [1.82, 2.24) is 0 Å². The Hall–Kier alpha value is -4.65. The van der Waals surface area contributed by atoms with E-state index in [1.165, 1.54) is 6.07 Å². The van der Waals surface area contributed by atoms with Gasteiger partial charge in [-0.05, 0) is 61.9 Å². The SMILES string of the molecule is CN1c2ccc(C(=O)c3ccccc3)cc2C(C)(C)C12C=Cc1cc(C(=O)c3ccccc3)cc(C(F)(F)F)c1O2. The minimum atomic E-state index is -4.77. The fourth-order valence-electron chi connectivity index (χ4n) is 5.91. The number of alkyl halides is 3. The van der Waals surface area contributed by atoms with Crippen molar-refractivity contribution in [2.24, 2.45) is 0 Å². The number of ketones is 2. The second-order valence-corrected chi connectivity index (χ2v) is 10.9. The Labute approximate surface area is 235 Å². The first-order valence-electron chi connectivity index (χ1n) is 13.2. The quantitative estimate of drug-likeness (QED) is 0.243. The maximum atomic E-state index is 14.5. The summed E-state index contributed by atoms with van der Waals surface area (Å²) in [6.45, 7) is 3.78. The number of carbonyl (C=O) groups is 2. The lowest BCUT2D eigenvalue weighted by atomic mass is 9.75. The van der Waals surface area contributed by atoms with Crippen molar-refractivity contribution < 1.29 is 27.5 Å². The highest BCUT2D eigenvalue weighted by atomic mass is 19.4. The number of nitrogens with zero attached hydrogens (tertiary/aromatic N) is 1. The van der Waals surface area contributed by atoms with Crippen molar-refractivity contribution in [3.8, 4) is 5.75 Å². The summed E-state index contributed by atoms with van der Waals surface area (Å²) in [5.74, 6) is -0.986. The molecule has 0 bridgehead atoms. The average molecular weight is 554 g/mol. The molecule has 4 aromatic rings. The van der Waals surface area contributed by atoms with E-state index in [2.05, 4.69) is 0 Å². The number of carbonyl (C=O) groups excluding carboxylic acids is 2. The largest absolute Gasteiger partial charge is 0.462 e. The molecule has 0 aliphatic carbocycles. The lowest BCUT2D eigenvalue weighted by Crippen LogP contribution is -2.58. The van der Waals surface area contributed by atoms with Crippen LogP contribution in [-0.4, -0.2) is 24.3 Å². The number of ether oxygens (including phenoxy) is 1. The number of hydrogen-bond acceptors (Lipinski definition) is 4. The van der Waals surface area contributed by atoms with E-state index < -0.39 is 28.7 Å². The van der Waals surface area contributed by atoms with Gasteiger partial charge in [0, 0.05) is 40.6 Å². The molecule has 0 saturated carbocycles. The number of halogens is 3. The van der Waals surface area contributed by atoms with E-state index in [0.717, 1.165) is 17.3 Å². The smallest absolute Gasteiger partial charge is 0.420 e. The fraction of sp³-hybridized carbons (Fsp3) is 0.176. The Morgan fingerprint density at radius 1 is 0.756 bits per heavy atom. The van der Waals surface area contributed by atoms with Gasteiger partial charge in [0.05, 0.1) is 11.0 Å². The minimum absolute atomic E-state index is 0.0714. The van der Waals surface area contributed by atoms with Gasteiger partial charge < -0.3 is 9.64 Å². The molecule has 0 fully saturated rings. The van der Waals surface area contributed by atoms with Crippen LogP contribution in [0, 0.1) is 0 Å². The molecule has 2 aliphatic rings. The van der Waals surface area contributed by atoms with Crippen LogP contribution in [0.5, 0.6) is 5.75 Å².